The summed E-state index contributed by atoms with van der Waals surface area (Å²) in [4.78, 5) is 24.3. The fourth-order valence-corrected chi connectivity index (χ4v) is 5.32. The zero-order valence-corrected chi connectivity index (χ0v) is 20.7. The van der Waals surface area contributed by atoms with Crippen LogP contribution in [0.15, 0.2) is 0 Å². The molecule has 0 aromatic rings. The predicted octanol–water partition coefficient (Wildman–Crippen LogP) is 1.24. The van der Waals surface area contributed by atoms with E-state index >= 15 is 0 Å². The Labute approximate surface area is 201 Å². The molecular weight excluding hydrogens is 416 g/mol. The highest BCUT2D eigenvalue weighted by Crippen LogP contribution is 2.49. The number of rotatable bonds is 20. The molecule has 8 heteroatoms. The molecule has 0 spiro atoms. The van der Waals surface area contributed by atoms with Crippen molar-refractivity contribution < 1.29 is 9.59 Å². The summed E-state index contributed by atoms with van der Waals surface area (Å²) in [7, 11) is 0. The average molecular weight is 467 g/mol. The molecule has 2 aliphatic carbocycles. The lowest BCUT2D eigenvalue weighted by molar-refractivity contribution is -0.123. The predicted molar refractivity (Wildman–Crippen MR) is 135 cm³/mol. The van der Waals surface area contributed by atoms with Crippen molar-refractivity contribution in [3.05, 3.63) is 0 Å². The standard InChI is InChI=1S/C25H50N6O2/c26-10-5-13-28-11-3-4-12-29-14-6-16-31-25(33)23(27)7-1-2-15-30-24(32)19-22-18-20-8-9-21(22)17-20/h20-23,28-29H,1-19,26-27H2,(H,30,32)(H,31,33)/t20?,21?,22?,23-/m1/s1. The molecule has 8 nitrogen and oxygen atoms in total. The van der Waals surface area contributed by atoms with Gasteiger partial charge in [0, 0.05) is 19.5 Å². The summed E-state index contributed by atoms with van der Waals surface area (Å²) in [6.07, 6.45) is 12.6. The molecular formula is C25H50N6O2. The van der Waals surface area contributed by atoms with Gasteiger partial charge in [-0.05, 0) is 115 Å². The van der Waals surface area contributed by atoms with Crippen molar-refractivity contribution in [3.8, 4) is 0 Å². The number of nitrogens with two attached hydrogens (primary N) is 2. The lowest BCUT2D eigenvalue weighted by atomic mass is 9.86. The first-order chi connectivity index (χ1) is 16.1. The Hall–Kier alpha value is -1.22. The average Bonchev–Trinajstić information content (AvgIpc) is 3.42. The molecule has 0 aromatic heterocycles. The minimum atomic E-state index is -0.463. The number of unbranched alkanes of at least 4 members (excludes halogenated alkanes) is 2. The fraction of sp³-hybridized carbons (Fsp3) is 0.920. The van der Waals surface area contributed by atoms with Crippen LogP contribution in [0.3, 0.4) is 0 Å². The van der Waals surface area contributed by atoms with Gasteiger partial charge in [0.1, 0.15) is 0 Å². The quantitative estimate of drug-likeness (QED) is 0.150. The smallest absolute Gasteiger partial charge is 0.236 e. The molecule has 0 aliphatic heterocycles. The minimum absolute atomic E-state index is 0.0705. The molecule has 2 amide bonds. The zero-order chi connectivity index (χ0) is 23.7. The van der Waals surface area contributed by atoms with Crippen molar-refractivity contribution in [2.45, 2.75) is 83.1 Å². The third kappa shape index (κ3) is 12.2. The number of carbonyl (C=O) groups is 2. The van der Waals surface area contributed by atoms with Gasteiger partial charge in [-0.25, -0.2) is 0 Å². The van der Waals surface area contributed by atoms with Crippen LogP contribution in [0.1, 0.15) is 77.0 Å². The molecule has 0 radical (unpaired) electrons. The van der Waals surface area contributed by atoms with Crippen LogP contribution in [0.5, 0.6) is 0 Å². The Kier molecular flexibility index (Phi) is 14.6. The fourth-order valence-electron chi connectivity index (χ4n) is 5.32. The topological polar surface area (TPSA) is 134 Å². The van der Waals surface area contributed by atoms with Gasteiger partial charge in [-0.3, -0.25) is 9.59 Å². The summed E-state index contributed by atoms with van der Waals surface area (Å²) in [5.74, 6) is 2.43. The highest BCUT2D eigenvalue weighted by molar-refractivity contribution is 5.81. The van der Waals surface area contributed by atoms with Crippen molar-refractivity contribution in [1.29, 1.82) is 0 Å². The second-order valence-corrected chi connectivity index (χ2v) is 10.1. The normalized spacial score (nSPS) is 22.4. The maximum absolute atomic E-state index is 12.2. The second-order valence-electron chi connectivity index (χ2n) is 10.1. The first-order valence-electron chi connectivity index (χ1n) is 13.5. The molecule has 192 valence electrons. The van der Waals surface area contributed by atoms with Crippen LogP contribution >= 0.6 is 0 Å². The van der Waals surface area contributed by atoms with E-state index in [9.17, 15) is 9.59 Å². The van der Waals surface area contributed by atoms with Gasteiger partial charge in [0.25, 0.3) is 0 Å². The van der Waals surface area contributed by atoms with Gasteiger partial charge in [0.2, 0.25) is 11.8 Å². The molecule has 8 N–H and O–H groups in total. The van der Waals surface area contributed by atoms with Crippen LogP contribution in [0, 0.1) is 17.8 Å². The highest BCUT2D eigenvalue weighted by Gasteiger charge is 2.39. The summed E-state index contributed by atoms with van der Waals surface area (Å²) < 4.78 is 0. The van der Waals surface area contributed by atoms with Crippen LogP contribution in [-0.2, 0) is 9.59 Å². The van der Waals surface area contributed by atoms with Gasteiger partial charge < -0.3 is 32.7 Å². The van der Waals surface area contributed by atoms with Crippen LogP contribution in [0.4, 0.5) is 0 Å². The summed E-state index contributed by atoms with van der Waals surface area (Å²) in [5.41, 5.74) is 11.5. The largest absolute Gasteiger partial charge is 0.356 e. The number of nitrogens with one attached hydrogen (secondary N) is 4. The number of carbonyl (C=O) groups excluding carboxylic acids is 2. The molecule has 2 saturated carbocycles. The number of hydrogen-bond acceptors (Lipinski definition) is 6. The van der Waals surface area contributed by atoms with Gasteiger partial charge in [-0.15, -0.1) is 0 Å². The van der Waals surface area contributed by atoms with Crippen LogP contribution in [0.25, 0.3) is 0 Å². The van der Waals surface area contributed by atoms with Gasteiger partial charge in [0.15, 0.2) is 0 Å². The molecule has 0 saturated heterocycles. The van der Waals surface area contributed by atoms with Gasteiger partial charge in [-0.2, -0.15) is 0 Å². The Balaban J connectivity index is 1.33. The van der Waals surface area contributed by atoms with Gasteiger partial charge >= 0.3 is 0 Å². The number of hydrogen-bond donors (Lipinski definition) is 6. The van der Waals surface area contributed by atoms with E-state index in [1.165, 1.54) is 25.7 Å². The zero-order valence-electron chi connectivity index (χ0n) is 20.7. The van der Waals surface area contributed by atoms with Crippen molar-refractivity contribution in [1.82, 2.24) is 21.3 Å². The van der Waals surface area contributed by atoms with Crippen molar-refractivity contribution in [3.63, 3.8) is 0 Å². The van der Waals surface area contributed by atoms with Crippen molar-refractivity contribution >= 4 is 11.8 Å². The van der Waals surface area contributed by atoms with Crippen molar-refractivity contribution in [2.75, 3.05) is 45.8 Å². The van der Waals surface area contributed by atoms with Crippen LogP contribution in [0.2, 0.25) is 0 Å². The van der Waals surface area contributed by atoms with Crippen molar-refractivity contribution in [2.24, 2.45) is 29.2 Å². The van der Waals surface area contributed by atoms with E-state index in [0.717, 1.165) is 83.1 Å². The molecule has 2 fully saturated rings. The molecule has 2 rings (SSSR count). The molecule has 33 heavy (non-hydrogen) atoms. The first kappa shape index (κ1) is 28.0. The van der Waals surface area contributed by atoms with Crippen LogP contribution < -0.4 is 32.7 Å². The van der Waals surface area contributed by atoms with E-state index in [0.29, 0.717) is 31.8 Å². The maximum Gasteiger partial charge on any atom is 0.236 e. The van der Waals surface area contributed by atoms with E-state index < -0.39 is 6.04 Å². The van der Waals surface area contributed by atoms with E-state index in [2.05, 4.69) is 21.3 Å². The maximum atomic E-state index is 12.2. The number of fused-ring (bicyclic) bond motifs is 2. The van der Waals surface area contributed by atoms with Gasteiger partial charge in [0.05, 0.1) is 6.04 Å². The van der Waals surface area contributed by atoms with E-state index in [1.54, 1.807) is 0 Å². The molecule has 2 aliphatic rings. The Morgan fingerprint density at radius 2 is 1.45 bits per heavy atom. The second kappa shape index (κ2) is 17.2. The molecule has 0 aromatic carbocycles. The number of amides is 2. The van der Waals surface area contributed by atoms with Crippen LogP contribution in [-0.4, -0.2) is 63.7 Å². The summed E-state index contributed by atoms with van der Waals surface area (Å²) >= 11 is 0. The van der Waals surface area contributed by atoms with Gasteiger partial charge in [-0.1, -0.05) is 6.42 Å². The molecule has 3 unspecified atom stereocenters. The summed E-state index contributed by atoms with van der Waals surface area (Å²) in [6, 6.07) is -0.463. The third-order valence-electron chi connectivity index (χ3n) is 7.28. The first-order valence-corrected chi connectivity index (χ1v) is 13.5. The molecule has 0 heterocycles. The Morgan fingerprint density at radius 1 is 0.788 bits per heavy atom. The Bertz CT molecular complexity index is 547. The lowest BCUT2D eigenvalue weighted by Crippen LogP contribution is -2.41. The highest BCUT2D eigenvalue weighted by atomic mass is 16.2. The SMILES string of the molecule is NCCCNCCCCNCCCNC(=O)[C@H](N)CCCCNC(=O)CC1CC2CCC1C2. The van der Waals surface area contributed by atoms with E-state index in [4.69, 9.17) is 11.5 Å². The third-order valence-corrected chi connectivity index (χ3v) is 7.28. The van der Waals surface area contributed by atoms with E-state index in [-0.39, 0.29) is 11.8 Å². The molecule has 4 atom stereocenters. The molecule has 2 bridgehead atoms. The monoisotopic (exact) mass is 466 g/mol. The summed E-state index contributed by atoms with van der Waals surface area (Å²) in [6.45, 7) is 6.04. The lowest BCUT2D eigenvalue weighted by Gasteiger charge is -2.20. The van der Waals surface area contributed by atoms with E-state index in [1.807, 2.05) is 0 Å². The minimum Gasteiger partial charge on any atom is -0.356 e. The summed E-state index contributed by atoms with van der Waals surface area (Å²) in [5, 5.41) is 12.8. The Morgan fingerprint density at radius 3 is 2.12 bits per heavy atom.